The number of aromatic nitrogens is 2. The van der Waals surface area contributed by atoms with E-state index in [9.17, 15) is 9.59 Å². The van der Waals surface area contributed by atoms with E-state index in [1.165, 1.54) is 7.11 Å². The Morgan fingerprint density at radius 1 is 1.15 bits per heavy atom. The maximum absolute atomic E-state index is 14.0. The molecule has 2 aromatic carbocycles. The van der Waals surface area contributed by atoms with Crippen LogP contribution in [0.15, 0.2) is 61.1 Å². The zero-order chi connectivity index (χ0) is 23.9. The van der Waals surface area contributed by atoms with Crippen molar-refractivity contribution in [3.05, 3.63) is 72.3 Å². The second-order valence-corrected chi connectivity index (χ2v) is 8.74. The zero-order valence-corrected chi connectivity index (χ0v) is 19.8. The molecule has 3 aromatic rings. The van der Waals surface area contributed by atoms with E-state index in [0.29, 0.717) is 12.1 Å². The number of methoxy groups -OCH3 is 1. The molecule has 0 radical (unpaired) electrons. The summed E-state index contributed by atoms with van der Waals surface area (Å²) in [5.41, 5.74) is 4.15. The number of benzene rings is 2. The number of rotatable bonds is 8. The summed E-state index contributed by atoms with van der Waals surface area (Å²) in [6.45, 7) is 2.33. The number of amides is 1. The van der Waals surface area contributed by atoms with Crippen molar-refractivity contribution in [3.8, 4) is 11.1 Å². The summed E-state index contributed by atoms with van der Waals surface area (Å²) in [4.78, 5) is 35.5. The van der Waals surface area contributed by atoms with E-state index in [1.807, 2.05) is 54.7 Å². The van der Waals surface area contributed by atoms with E-state index in [4.69, 9.17) is 4.74 Å². The van der Waals surface area contributed by atoms with Crippen molar-refractivity contribution < 1.29 is 14.3 Å². The monoisotopic (exact) mass is 460 g/mol. The predicted molar refractivity (Wildman–Crippen MR) is 132 cm³/mol. The van der Waals surface area contributed by atoms with Crippen molar-refractivity contribution in [2.75, 3.05) is 12.4 Å². The molecule has 1 aliphatic carbocycles. The van der Waals surface area contributed by atoms with Crippen molar-refractivity contribution >= 4 is 17.6 Å². The van der Waals surface area contributed by atoms with Gasteiger partial charge in [-0.2, -0.15) is 0 Å². The number of hydrogen-bond donors (Lipinski definition) is 2. The summed E-state index contributed by atoms with van der Waals surface area (Å²) in [6.07, 6.45) is 8.58. The van der Waals surface area contributed by atoms with Crippen LogP contribution in [0.25, 0.3) is 11.1 Å². The van der Waals surface area contributed by atoms with E-state index >= 15 is 0 Å². The van der Waals surface area contributed by atoms with Gasteiger partial charge in [-0.15, -0.1) is 0 Å². The number of carbonyl (C=O) groups is 2. The lowest BCUT2D eigenvalue weighted by Gasteiger charge is -2.37. The number of ether oxygens (including phenoxy) is 1. The topological polar surface area (TPSA) is 87.3 Å². The Balaban J connectivity index is 1.70. The highest BCUT2D eigenvalue weighted by atomic mass is 16.5. The van der Waals surface area contributed by atoms with E-state index < -0.39 is 12.0 Å². The maximum Gasteiger partial charge on any atom is 0.328 e. The largest absolute Gasteiger partial charge is 0.467 e. The quantitative estimate of drug-likeness (QED) is 0.461. The van der Waals surface area contributed by atoms with Crippen molar-refractivity contribution in [2.24, 2.45) is 0 Å². The van der Waals surface area contributed by atoms with Gasteiger partial charge >= 0.3 is 5.97 Å². The van der Waals surface area contributed by atoms with Crippen molar-refractivity contribution in [1.29, 1.82) is 0 Å². The Morgan fingerprint density at radius 3 is 2.59 bits per heavy atom. The molecule has 1 aliphatic rings. The third kappa shape index (κ3) is 5.30. The maximum atomic E-state index is 14.0. The number of imidazole rings is 1. The normalized spacial score (nSPS) is 14.9. The molecular weight excluding hydrogens is 428 g/mol. The molecule has 0 unspecified atom stereocenters. The fraction of sp³-hybridized carbons (Fsp3) is 0.370. The minimum Gasteiger partial charge on any atom is -0.467 e. The van der Waals surface area contributed by atoms with Gasteiger partial charge in [0.2, 0.25) is 0 Å². The molecule has 1 aromatic heterocycles. The standard InChI is InChI=1S/C27H32N4O3/c1-19(27(33)34-2)31(23-11-7-4-8-12-23)26(32)24-14-13-21(29-17-22-16-28-18-30-22)15-25(24)20-9-5-3-6-10-20/h3,5-6,9-10,13-16,18-19,23,29H,4,7-8,11-12,17H2,1-2H3,(H,28,30)/t19-/m0/s1. The summed E-state index contributed by atoms with van der Waals surface area (Å²) < 4.78 is 5.02. The fourth-order valence-corrected chi connectivity index (χ4v) is 4.72. The molecular formula is C27H32N4O3. The van der Waals surface area contributed by atoms with Gasteiger partial charge in [-0.25, -0.2) is 9.78 Å². The third-order valence-electron chi connectivity index (χ3n) is 6.53. The van der Waals surface area contributed by atoms with Gasteiger partial charge < -0.3 is 19.9 Å². The van der Waals surface area contributed by atoms with E-state index in [2.05, 4.69) is 15.3 Å². The molecule has 2 N–H and O–H groups in total. The molecule has 34 heavy (non-hydrogen) atoms. The van der Waals surface area contributed by atoms with E-state index in [1.54, 1.807) is 18.2 Å². The molecule has 0 saturated heterocycles. The van der Waals surface area contributed by atoms with Crippen LogP contribution < -0.4 is 5.32 Å². The van der Waals surface area contributed by atoms with Crippen molar-refractivity contribution in [1.82, 2.24) is 14.9 Å². The number of carbonyl (C=O) groups excluding carboxylic acids is 2. The highest BCUT2D eigenvalue weighted by Crippen LogP contribution is 2.32. The Morgan fingerprint density at radius 2 is 1.91 bits per heavy atom. The Kier molecular flexibility index (Phi) is 7.62. The Bertz CT molecular complexity index is 1090. The van der Waals surface area contributed by atoms with Gasteiger partial charge in [-0.3, -0.25) is 4.79 Å². The zero-order valence-electron chi connectivity index (χ0n) is 19.8. The first-order valence-corrected chi connectivity index (χ1v) is 11.9. The second-order valence-electron chi connectivity index (χ2n) is 8.74. The molecule has 1 saturated carbocycles. The predicted octanol–water partition coefficient (Wildman–Crippen LogP) is 5.03. The lowest BCUT2D eigenvalue weighted by Crippen LogP contribution is -2.50. The van der Waals surface area contributed by atoms with Crippen LogP contribution in [0.2, 0.25) is 0 Å². The van der Waals surface area contributed by atoms with Crippen LogP contribution in [0.1, 0.15) is 55.1 Å². The van der Waals surface area contributed by atoms with Gasteiger partial charge in [-0.1, -0.05) is 49.6 Å². The lowest BCUT2D eigenvalue weighted by molar-refractivity contribution is -0.146. The number of esters is 1. The Labute approximate surface area is 200 Å². The smallest absolute Gasteiger partial charge is 0.328 e. The van der Waals surface area contributed by atoms with Crippen LogP contribution >= 0.6 is 0 Å². The van der Waals surface area contributed by atoms with Crippen LogP contribution in [-0.4, -0.2) is 45.9 Å². The molecule has 1 heterocycles. The average Bonchev–Trinajstić information content (AvgIpc) is 3.42. The fourth-order valence-electron chi connectivity index (χ4n) is 4.72. The summed E-state index contributed by atoms with van der Waals surface area (Å²) in [5.74, 6) is -0.528. The van der Waals surface area contributed by atoms with Crippen molar-refractivity contribution in [2.45, 2.75) is 57.7 Å². The molecule has 0 aliphatic heterocycles. The molecule has 0 spiro atoms. The highest BCUT2D eigenvalue weighted by Gasteiger charge is 2.35. The summed E-state index contributed by atoms with van der Waals surface area (Å²) in [6, 6.07) is 15.0. The number of hydrogen-bond acceptors (Lipinski definition) is 5. The average molecular weight is 461 g/mol. The van der Waals surface area contributed by atoms with Gasteiger partial charge in [0.15, 0.2) is 0 Å². The lowest BCUT2D eigenvalue weighted by atomic mass is 9.91. The molecule has 1 atom stereocenters. The summed E-state index contributed by atoms with van der Waals surface area (Å²) >= 11 is 0. The van der Waals surface area contributed by atoms with Gasteiger partial charge in [0.1, 0.15) is 6.04 Å². The van der Waals surface area contributed by atoms with Gasteiger partial charge in [0.05, 0.1) is 25.7 Å². The van der Waals surface area contributed by atoms with Crippen LogP contribution in [0.3, 0.4) is 0 Å². The van der Waals surface area contributed by atoms with Crippen LogP contribution in [0, 0.1) is 0 Å². The molecule has 0 bridgehead atoms. The van der Waals surface area contributed by atoms with E-state index in [-0.39, 0.29) is 11.9 Å². The number of nitrogens with one attached hydrogen (secondary N) is 2. The number of anilines is 1. The van der Waals surface area contributed by atoms with Crippen LogP contribution in [-0.2, 0) is 16.1 Å². The number of aromatic amines is 1. The molecule has 7 heteroatoms. The van der Waals surface area contributed by atoms with Crippen LogP contribution in [0.5, 0.6) is 0 Å². The first kappa shape index (κ1) is 23.5. The number of H-pyrrole nitrogens is 1. The molecule has 1 fully saturated rings. The molecule has 4 rings (SSSR count). The first-order valence-electron chi connectivity index (χ1n) is 11.9. The Hall–Kier alpha value is -3.61. The van der Waals surface area contributed by atoms with Gasteiger partial charge in [0, 0.05) is 23.5 Å². The summed E-state index contributed by atoms with van der Waals surface area (Å²) in [7, 11) is 1.37. The minimum absolute atomic E-state index is 0.0245. The molecule has 178 valence electrons. The summed E-state index contributed by atoms with van der Waals surface area (Å²) in [5, 5.41) is 3.38. The van der Waals surface area contributed by atoms with Crippen LogP contribution in [0.4, 0.5) is 5.69 Å². The van der Waals surface area contributed by atoms with E-state index in [0.717, 1.165) is 54.6 Å². The number of nitrogens with zero attached hydrogens (tertiary/aromatic N) is 2. The van der Waals surface area contributed by atoms with Crippen molar-refractivity contribution in [3.63, 3.8) is 0 Å². The first-order chi connectivity index (χ1) is 16.6. The third-order valence-corrected chi connectivity index (χ3v) is 6.53. The van der Waals surface area contributed by atoms with Gasteiger partial charge in [-0.05, 0) is 49.1 Å². The molecule has 7 nitrogen and oxygen atoms in total. The molecule has 1 amide bonds. The minimum atomic E-state index is -0.651. The second kappa shape index (κ2) is 11.0. The highest BCUT2D eigenvalue weighted by molar-refractivity contribution is 6.03. The SMILES string of the molecule is COC(=O)[C@H](C)N(C(=O)c1ccc(NCc2c[nH]cn2)cc1-c1ccccc1)C1CCCCC1. The van der Waals surface area contributed by atoms with Gasteiger partial charge in [0.25, 0.3) is 5.91 Å².